The number of H-pyrrole nitrogens is 1. The highest BCUT2D eigenvalue weighted by atomic mass is 79.9. The number of carbonyl (C=O) groups is 1. The van der Waals surface area contributed by atoms with Gasteiger partial charge in [-0.2, -0.15) is 0 Å². The molecule has 1 heterocycles. The Morgan fingerprint density at radius 3 is 2.55 bits per heavy atom. The zero-order valence-electron chi connectivity index (χ0n) is 11.3. The molecule has 0 fully saturated rings. The maximum Gasteiger partial charge on any atom is 0.250 e. The Hall–Kier alpha value is -1.81. The number of carbonyl (C=O) groups excluding carboxylic acids is 1. The fourth-order valence-corrected chi connectivity index (χ4v) is 3.03. The van der Waals surface area contributed by atoms with Crippen LogP contribution in [0.25, 0.3) is 21.8 Å². The van der Waals surface area contributed by atoms with Crippen LogP contribution >= 0.6 is 15.9 Å². The van der Waals surface area contributed by atoms with Crippen LogP contribution in [0.1, 0.15) is 28.4 Å². The van der Waals surface area contributed by atoms with Crippen molar-refractivity contribution in [1.29, 1.82) is 0 Å². The molecule has 0 bridgehead atoms. The summed E-state index contributed by atoms with van der Waals surface area (Å²) < 4.78 is 0. The molecule has 0 aliphatic rings. The summed E-state index contributed by atoms with van der Waals surface area (Å²) >= 11 is 3.54. The molecule has 0 aliphatic carbocycles. The average Bonchev–Trinajstić information content (AvgIpc) is 2.77. The van der Waals surface area contributed by atoms with Gasteiger partial charge in [0.25, 0.3) is 5.91 Å². The van der Waals surface area contributed by atoms with Crippen molar-refractivity contribution >= 4 is 43.6 Å². The number of hydrogen-bond donors (Lipinski definition) is 2. The quantitative estimate of drug-likeness (QED) is 0.732. The first-order valence-electron chi connectivity index (χ1n) is 6.34. The summed E-state index contributed by atoms with van der Waals surface area (Å²) in [6.07, 6.45) is 0. The van der Waals surface area contributed by atoms with Gasteiger partial charge in [0, 0.05) is 10.8 Å². The van der Waals surface area contributed by atoms with Gasteiger partial charge < -0.3 is 10.7 Å². The SMILES string of the molecule is C[C](Br)c1ccc(C)c2c1[nH]c1c(C(N)=O)cccc12. The smallest absolute Gasteiger partial charge is 0.250 e. The van der Waals surface area contributed by atoms with Crippen LogP contribution < -0.4 is 5.73 Å². The topological polar surface area (TPSA) is 58.9 Å². The van der Waals surface area contributed by atoms with Crippen molar-refractivity contribution in [3.8, 4) is 0 Å². The third-order valence-corrected chi connectivity index (χ3v) is 4.06. The van der Waals surface area contributed by atoms with E-state index in [1.807, 2.05) is 19.1 Å². The number of aryl methyl sites for hydroxylation is 1. The van der Waals surface area contributed by atoms with E-state index in [4.69, 9.17) is 5.73 Å². The van der Waals surface area contributed by atoms with E-state index in [1.54, 1.807) is 6.07 Å². The summed E-state index contributed by atoms with van der Waals surface area (Å²) in [4.78, 5) is 16.0. The van der Waals surface area contributed by atoms with E-state index in [-0.39, 0.29) is 0 Å². The fourth-order valence-electron chi connectivity index (χ4n) is 2.70. The highest BCUT2D eigenvalue weighted by Crippen LogP contribution is 2.35. The maximum absolute atomic E-state index is 11.6. The van der Waals surface area contributed by atoms with Gasteiger partial charge in [-0.25, -0.2) is 0 Å². The number of hydrogen-bond acceptors (Lipinski definition) is 1. The number of aromatic amines is 1. The highest BCUT2D eigenvalue weighted by Gasteiger charge is 2.16. The lowest BCUT2D eigenvalue weighted by Crippen LogP contribution is -2.11. The Bertz CT molecular complexity index is 833. The van der Waals surface area contributed by atoms with Crippen LogP contribution in [-0.4, -0.2) is 10.9 Å². The molecule has 1 amide bonds. The molecule has 20 heavy (non-hydrogen) atoms. The van der Waals surface area contributed by atoms with E-state index >= 15 is 0 Å². The number of nitrogens with two attached hydrogens (primary N) is 1. The van der Waals surface area contributed by atoms with Crippen molar-refractivity contribution in [3.63, 3.8) is 0 Å². The van der Waals surface area contributed by atoms with Crippen LogP contribution in [-0.2, 0) is 0 Å². The summed E-state index contributed by atoms with van der Waals surface area (Å²) in [6.45, 7) is 4.07. The first-order valence-corrected chi connectivity index (χ1v) is 7.13. The molecule has 0 spiro atoms. The van der Waals surface area contributed by atoms with Gasteiger partial charge in [-0.3, -0.25) is 4.79 Å². The number of fused-ring (bicyclic) bond motifs is 3. The van der Waals surface area contributed by atoms with Crippen molar-refractivity contribution in [2.45, 2.75) is 13.8 Å². The van der Waals surface area contributed by atoms with Gasteiger partial charge in [-0.15, -0.1) is 0 Å². The van der Waals surface area contributed by atoms with E-state index < -0.39 is 5.91 Å². The van der Waals surface area contributed by atoms with Crippen molar-refractivity contribution in [1.82, 2.24) is 4.98 Å². The summed E-state index contributed by atoms with van der Waals surface area (Å²) in [7, 11) is 0. The maximum atomic E-state index is 11.6. The summed E-state index contributed by atoms with van der Waals surface area (Å²) in [5.74, 6) is -0.416. The third-order valence-electron chi connectivity index (χ3n) is 3.63. The minimum atomic E-state index is -0.416. The Morgan fingerprint density at radius 1 is 1.15 bits per heavy atom. The zero-order chi connectivity index (χ0) is 14.4. The molecule has 0 aliphatic heterocycles. The lowest BCUT2D eigenvalue weighted by atomic mass is 10.0. The molecule has 1 aromatic heterocycles. The van der Waals surface area contributed by atoms with Crippen molar-refractivity contribution in [2.75, 3.05) is 0 Å². The van der Waals surface area contributed by atoms with E-state index in [2.05, 4.69) is 40.0 Å². The Morgan fingerprint density at radius 2 is 1.90 bits per heavy atom. The summed E-state index contributed by atoms with van der Waals surface area (Å²) in [6, 6.07) is 9.79. The standard InChI is InChI=1S/C16H14BrN2O/c1-8-6-7-10(9(2)17)15-13(8)11-4-3-5-12(16(18)20)14(11)19-15/h3-7,19H,1-2H3,(H2,18,20). The number of halogens is 1. The largest absolute Gasteiger partial charge is 0.366 e. The van der Waals surface area contributed by atoms with Crippen LogP contribution in [0.15, 0.2) is 30.3 Å². The predicted octanol–water partition coefficient (Wildman–Crippen LogP) is 4.02. The molecule has 101 valence electrons. The van der Waals surface area contributed by atoms with Gasteiger partial charge in [-0.1, -0.05) is 40.2 Å². The minimum Gasteiger partial charge on any atom is -0.366 e. The van der Waals surface area contributed by atoms with Crippen LogP contribution in [0.4, 0.5) is 0 Å². The van der Waals surface area contributed by atoms with Crippen LogP contribution in [0, 0.1) is 11.8 Å². The number of rotatable bonds is 2. The number of benzene rings is 2. The van der Waals surface area contributed by atoms with Crippen molar-refractivity contribution in [2.24, 2.45) is 5.73 Å². The zero-order valence-corrected chi connectivity index (χ0v) is 12.8. The van der Waals surface area contributed by atoms with E-state index in [9.17, 15) is 4.79 Å². The Labute approximate surface area is 125 Å². The van der Waals surface area contributed by atoms with Crippen molar-refractivity contribution in [3.05, 3.63) is 51.8 Å². The molecule has 0 unspecified atom stereocenters. The molecule has 0 atom stereocenters. The Kier molecular flexibility index (Phi) is 3.05. The molecular weight excluding hydrogens is 316 g/mol. The van der Waals surface area contributed by atoms with E-state index in [0.717, 1.165) is 32.2 Å². The van der Waals surface area contributed by atoms with Crippen LogP contribution in [0.3, 0.4) is 0 Å². The van der Waals surface area contributed by atoms with Gasteiger partial charge in [0.05, 0.1) is 21.4 Å². The highest BCUT2D eigenvalue weighted by molar-refractivity contribution is 9.11. The Balaban J connectivity index is 2.53. The number of aromatic nitrogens is 1. The second kappa shape index (κ2) is 4.63. The molecule has 4 heteroatoms. The molecule has 3 rings (SSSR count). The second-order valence-corrected chi connectivity index (χ2v) is 6.12. The van der Waals surface area contributed by atoms with Crippen LogP contribution in [0.5, 0.6) is 0 Å². The average molecular weight is 330 g/mol. The van der Waals surface area contributed by atoms with Gasteiger partial charge >= 0.3 is 0 Å². The van der Waals surface area contributed by atoms with Crippen LogP contribution in [0.2, 0.25) is 0 Å². The predicted molar refractivity (Wildman–Crippen MR) is 86.0 cm³/mol. The molecule has 1 radical (unpaired) electrons. The molecular formula is C16H14BrN2O. The molecule has 2 aromatic carbocycles. The monoisotopic (exact) mass is 329 g/mol. The molecule has 3 aromatic rings. The number of primary amides is 1. The minimum absolute atomic E-state index is 0.416. The first-order chi connectivity index (χ1) is 9.50. The summed E-state index contributed by atoms with van der Waals surface area (Å²) in [5, 5.41) is 2.17. The normalized spacial score (nSPS) is 11.6. The first kappa shape index (κ1) is 13.2. The van der Waals surface area contributed by atoms with Crippen molar-refractivity contribution < 1.29 is 4.79 Å². The number of para-hydroxylation sites is 1. The van der Waals surface area contributed by atoms with Gasteiger partial charge in [-0.05, 0) is 31.0 Å². The third kappa shape index (κ3) is 1.83. The number of amides is 1. The van der Waals surface area contributed by atoms with Gasteiger partial charge in [0.15, 0.2) is 0 Å². The van der Waals surface area contributed by atoms with E-state index in [1.165, 1.54) is 5.56 Å². The lowest BCUT2D eigenvalue weighted by molar-refractivity contribution is 0.100. The number of nitrogens with one attached hydrogen (secondary N) is 1. The van der Waals surface area contributed by atoms with Gasteiger partial charge in [0.2, 0.25) is 0 Å². The molecule has 0 saturated carbocycles. The molecule has 3 N–H and O–H groups in total. The summed E-state index contributed by atoms with van der Waals surface area (Å²) in [5.41, 5.74) is 10.1. The molecule has 0 saturated heterocycles. The van der Waals surface area contributed by atoms with E-state index in [0.29, 0.717) is 5.56 Å². The van der Waals surface area contributed by atoms with Gasteiger partial charge in [0.1, 0.15) is 0 Å². The second-order valence-electron chi connectivity index (χ2n) is 4.93. The fraction of sp³-hybridized carbons (Fsp3) is 0.125. The molecule has 3 nitrogen and oxygen atoms in total. The lowest BCUT2D eigenvalue weighted by Gasteiger charge is -2.06.